The van der Waals surface area contributed by atoms with Crippen LogP contribution in [-0.4, -0.2) is 42.6 Å². The summed E-state index contributed by atoms with van der Waals surface area (Å²) < 4.78 is 15.4. The molecule has 33 heavy (non-hydrogen) atoms. The van der Waals surface area contributed by atoms with Crippen molar-refractivity contribution in [3.63, 3.8) is 0 Å². The van der Waals surface area contributed by atoms with Crippen molar-refractivity contribution in [1.29, 1.82) is 0 Å². The average Bonchev–Trinajstić information content (AvgIpc) is 2.73. The minimum Gasteiger partial charge on any atom is -0.467 e. The predicted molar refractivity (Wildman–Crippen MR) is 123 cm³/mol. The highest BCUT2D eigenvalue weighted by Gasteiger charge is 2.30. The fraction of sp³-hybridized carbons (Fsp3) is 0.600. The van der Waals surface area contributed by atoms with E-state index in [9.17, 15) is 19.2 Å². The van der Waals surface area contributed by atoms with Gasteiger partial charge in [-0.15, -0.1) is 0 Å². The van der Waals surface area contributed by atoms with Gasteiger partial charge in [0.05, 0.1) is 13.5 Å². The summed E-state index contributed by atoms with van der Waals surface area (Å²) in [5, 5.41) is 2.64. The van der Waals surface area contributed by atoms with Crippen LogP contribution >= 0.6 is 0 Å². The Kier molecular flexibility index (Phi) is 11.6. The Balaban J connectivity index is 2.72. The fourth-order valence-corrected chi connectivity index (χ4v) is 3.19. The Morgan fingerprint density at radius 3 is 2.18 bits per heavy atom. The predicted octanol–water partition coefficient (Wildman–Crippen LogP) is 3.56. The van der Waals surface area contributed by atoms with E-state index in [2.05, 4.69) is 5.32 Å². The van der Waals surface area contributed by atoms with Crippen molar-refractivity contribution < 1.29 is 33.4 Å². The normalized spacial score (nSPS) is 13.1. The highest BCUT2D eigenvalue weighted by molar-refractivity contribution is 5.88. The van der Waals surface area contributed by atoms with Crippen LogP contribution in [0, 0.1) is 11.8 Å². The lowest BCUT2D eigenvalue weighted by Crippen LogP contribution is -2.45. The summed E-state index contributed by atoms with van der Waals surface area (Å²) in [5.74, 6) is -2.62. The molecule has 1 aromatic carbocycles. The first-order valence-electron chi connectivity index (χ1n) is 11.2. The van der Waals surface area contributed by atoms with Crippen molar-refractivity contribution in [2.45, 2.75) is 78.6 Å². The lowest BCUT2D eigenvalue weighted by atomic mass is 9.92. The van der Waals surface area contributed by atoms with Gasteiger partial charge in [-0.1, -0.05) is 44.2 Å². The lowest BCUT2D eigenvalue weighted by Gasteiger charge is -2.24. The zero-order chi connectivity index (χ0) is 25.0. The molecule has 8 heteroatoms. The molecule has 0 aliphatic heterocycles. The van der Waals surface area contributed by atoms with E-state index < -0.39 is 41.4 Å². The van der Waals surface area contributed by atoms with E-state index in [1.807, 2.05) is 44.2 Å². The Morgan fingerprint density at radius 1 is 1.00 bits per heavy atom. The highest BCUT2D eigenvalue weighted by Crippen LogP contribution is 2.19. The van der Waals surface area contributed by atoms with E-state index in [4.69, 9.17) is 14.2 Å². The Hall–Kier alpha value is -2.90. The van der Waals surface area contributed by atoms with E-state index in [0.29, 0.717) is 6.42 Å². The smallest absolute Gasteiger partial charge is 0.328 e. The van der Waals surface area contributed by atoms with Crippen LogP contribution in [0.4, 0.5) is 0 Å². The van der Waals surface area contributed by atoms with E-state index in [-0.39, 0.29) is 31.8 Å². The molecular formula is C25H37NO7. The van der Waals surface area contributed by atoms with Crippen molar-refractivity contribution >= 4 is 23.8 Å². The third kappa shape index (κ3) is 12.1. The second-order valence-corrected chi connectivity index (χ2v) is 9.39. The molecule has 0 aromatic heterocycles. The molecule has 1 rings (SSSR count). The van der Waals surface area contributed by atoms with Crippen LogP contribution in [-0.2, 0) is 40.0 Å². The van der Waals surface area contributed by atoms with E-state index in [0.717, 1.165) is 5.56 Å². The van der Waals surface area contributed by atoms with Crippen molar-refractivity contribution in [2.75, 3.05) is 7.11 Å². The lowest BCUT2D eigenvalue weighted by molar-refractivity contribution is -0.157. The number of nitrogens with one attached hydrogen (secondary N) is 1. The van der Waals surface area contributed by atoms with Gasteiger partial charge in [0, 0.05) is 12.3 Å². The standard InChI is InChI=1S/C25H37NO7/c1-17(2)14-19(15-22(28)33-25(3,4)5)23(29)26-20(24(30)31-6)12-13-21(27)32-16-18-10-8-7-9-11-18/h7-11,17,19-20H,12-16H2,1-6H3,(H,26,29)/t19-,20-/m1/s1. The van der Waals surface area contributed by atoms with Crippen molar-refractivity contribution in [3.8, 4) is 0 Å². The zero-order valence-corrected chi connectivity index (χ0v) is 20.5. The number of hydrogen-bond acceptors (Lipinski definition) is 7. The first-order chi connectivity index (χ1) is 15.4. The molecular weight excluding hydrogens is 426 g/mol. The first kappa shape index (κ1) is 28.1. The summed E-state index contributed by atoms with van der Waals surface area (Å²) in [5.41, 5.74) is 0.187. The molecule has 0 radical (unpaired) electrons. The van der Waals surface area contributed by atoms with Crippen LogP contribution in [0.3, 0.4) is 0 Å². The summed E-state index contributed by atoms with van der Waals surface area (Å²) in [6, 6.07) is 8.20. The molecule has 1 aromatic rings. The highest BCUT2D eigenvalue weighted by atomic mass is 16.6. The molecule has 0 saturated heterocycles. The summed E-state index contributed by atoms with van der Waals surface area (Å²) in [6.45, 7) is 9.28. The number of hydrogen-bond donors (Lipinski definition) is 1. The minimum atomic E-state index is -1.03. The molecule has 0 spiro atoms. The van der Waals surface area contributed by atoms with E-state index in [1.165, 1.54) is 7.11 Å². The van der Waals surface area contributed by atoms with Gasteiger partial charge in [0.15, 0.2) is 0 Å². The minimum absolute atomic E-state index is 0.0207. The van der Waals surface area contributed by atoms with Gasteiger partial charge in [-0.3, -0.25) is 14.4 Å². The van der Waals surface area contributed by atoms with Gasteiger partial charge in [0.1, 0.15) is 18.2 Å². The van der Waals surface area contributed by atoms with Crippen molar-refractivity contribution in [2.24, 2.45) is 11.8 Å². The van der Waals surface area contributed by atoms with Crippen LogP contribution in [0.1, 0.15) is 65.9 Å². The van der Waals surface area contributed by atoms with Gasteiger partial charge in [-0.05, 0) is 45.1 Å². The molecule has 1 N–H and O–H groups in total. The Labute approximate surface area is 196 Å². The van der Waals surface area contributed by atoms with Gasteiger partial charge in [0.25, 0.3) is 0 Å². The number of carbonyl (C=O) groups excluding carboxylic acids is 4. The van der Waals surface area contributed by atoms with E-state index >= 15 is 0 Å². The summed E-state index contributed by atoms with van der Waals surface area (Å²) in [6.07, 6.45) is 0.285. The maximum atomic E-state index is 12.9. The molecule has 184 valence electrons. The first-order valence-corrected chi connectivity index (χ1v) is 11.2. The van der Waals surface area contributed by atoms with Gasteiger partial charge >= 0.3 is 17.9 Å². The second-order valence-electron chi connectivity index (χ2n) is 9.39. The SMILES string of the molecule is COC(=O)[C@@H](CCC(=O)OCc1ccccc1)NC(=O)[C@@H](CC(=O)OC(C)(C)C)CC(C)C. The zero-order valence-electron chi connectivity index (χ0n) is 20.5. The molecule has 0 aliphatic carbocycles. The molecule has 8 nitrogen and oxygen atoms in total. The van der Waals surface area contributed by atoms with Crippen LogP contribution in [0.2, 0.25) is 0 Å². The molecule has 0 aliphatic rings. The van der Waals surface area contributed by atoms with Gasteiger partial charge in [-0.25, -0.2) is 4.79 Å². The third-order valence-corrected chi connectivity index (χ3v) is 4.64. The number of rotatable bonds is 12. The van der Waals surface area contributed by atoms with Crippen LogP contribution < -0.4 is 5.32 Å². The number of ether oxygens (including phenoxy) is 3. The maximum absolute atomic E-state index is 12.9. The second kappa shape index (κ2) is 13.6. The number of methoxy groups -OCH3 is 1. The number of esters is 3. The number of carbonyl (C=O) groups is 4. The van der Waals surface area contributed by atoms with Crippen molar-refractivity contribution in [3.05, 3.63) is 35.9 Å². The van der Waals surface area contributed by atoms with Crippen LogP contribution in [0.25, 0.3) is 0 Å². The maximum Gasteiger partial charge on any atom is 0.328 e. The topological polar surface area (TPSA) is 108 Å². The Morgan fingerprint density at radius 2 is 1.64 bits per heavy atom. The van der Waals surface area contributed by atoms with Crippen LogP contribution in [0.15, 0.2) is 30.3 Å². The van der Waals surface area contributed by atoms with Crippen LogP contribution in [0.5, 0.6) is 0 Å². The largest absolute Gasteiger partial charge is 0.467 e. The molecule has 0 bridgehead atoms. The fourth-order valence-electron chi connectivity index (χ4n) is 3.19. The van der Waals surface area contributed by atoms with Gasteiger partial charge in [-0.2, -0.15) is 0 Å². The van der Waals surface area contributed by atoms with Gasteiger partial charge < -0.3 is 19.5 Å². The van der Waals surface area contributed by atoms with Crippen molar-refractivity contribution in [1.82, 2.24) is 5.32 Å². The van der Waals surface area contributed by atoms with E-state index in [1.54, 1.807) is 20.8 Å². The molecule has 0 fully saturated rings. The van der Waals surface area contributed by atoms with Gasteiger partial charge in [0.2, 0.25) is 5.91 Å². The molecule has 0 saturated carbocycles. The Bertz CT molecular complexity index is 784. The average molecular weight is 464 g/mol. The summed E-state index contributed by atoms with van der Waals surface area (Å²) in [7, 11) is 1.21. The number of benzene rings is 1. The molecule has 0 unspecified atom stereocenters. The quantitative estimate of drug-likeness (QED) is 0.373. The third-order valence-electron chi connectivity index (χ3n) is 4.64. The summed E-state index contributed by atoms with van der Waals surface area (Å²) in [4.78, 5) is 49.5. The summed E-state index contributed by atoms with van der Waals surface area (Å²) >= 11 is 0. The monoisotopic (exact) mass is 463 g/mol. The molecule has 0 heterocycles. The number of amides is 1. The molecule has 1 amide bonds. The molecule has 2 atom stereocenters.